The fourth-order valence-electron chi connectivity index (χ4n) is 9.17. The summed E-state index contributed by atoms with van der Waals surface area (Å²) in [4.78, 5) is 0. The highest BCUT2D eigenvalue weighted by Gasteiger charge is 2.59. The van der Waals surface area contributed by atoms with Gasteiger partial charge in [-0.05, 0) is 97.7 Å². The summed E-state index contributed by atoms with van der Waals surface area (Å²) in [6.45, 7) is 17.0. The Balaban J connectivity index is 0.000000481. The van der Waals surface area contributed by atoms with Gasteiger partial charge in [-0.2, -0.15) is 0 Å². The molecule has 0 saturated heterocycles. The van der Waals surface area contributed by atoms with Crippen LogP contribution in [0.1, 0.15) is 145 Å². The van der Waals surface area contributed by atoms with Gasteiger partial charge in [0.1, 0.15) is 0 Å². The Morgan fingerprint density at radius 3 is 2.24 bits per heavy atom. The first-order valence-electron chi connectivity index (χ1n) is 15.5. The largest absolute Gasteiger partial charge is 0.393 e. The quantitative estimate of drug-likeness (QED) is 0.275. The van der Waals surface area contributed by atoms with E-state index in [1.54, 1.807) is 5.57 Å². The Labute approximate surface area is 214 Å². The topological polar surface area (TPSA) is 20.2 Å². The summed E-state index contributed by atoms with van der Waals surface area (Å²) < 4.78 is 0. The molecule has 0 aliphatic heterocycles. The van der Waals surface area contributed by atoms with E-state index >= 15 is 0 Å². The molecule has 1 N–H and O–H groups in total. The SMILES string of the molecule is CC(C)CCCC(C)[C@H]1CC[C@H]2[C@@H]3CC=C4C[C@@H](O)CC[C@]4(C)[C@H]3CC[C@]12C.CCCCCC. The van der Waals surface area contributed by atoms with Crippen molar-refractivity contribution in [2.75, 3.05) is 0 Å². The molecule has 4 aliphatic carbocycles. The number of fused-ring (bicyclic) bond motifs is 5. The van der Waals surface area contributed by atoms with Crippen molar-refractivity contribution in [2.24, 2.45) is 46.3 Å². The third kappa shape index (κ3) is 5.98. The lowest BCUT2D eigenvalue weighted by atomic mass is 9.47. The van der Waals surface area contributed by atoms with Crippen molar-refractivity contribution >= 4 is 0 Å². The van der Waals surface area contributed by atoms with Gasteiger partial charge in [-0.3, -0.25) is 0 Å². The molecule has 0 aromatic carbocycles. The fourth-order valence-corrected chi connectivity index (χ4v) is 9.17. The van der Waals surface area contributed by atoms with E-state index in [1.807, 2.05) is 0 Å². The van der Waals surface area contributed by atoms with Crippen molar-refractivity contribution in [1.82, 2.24) is 0 Å². The Morgan fingerprint density at radius 1 is 0.882 bits per heavy atom. The van der Waals surface area contributed by atoms with Gasteiger partial charge in [0.25, 0.3) is 0 Å². The molecule has 0 spiro atoms. The number of aliphatic hydroxyl groups excluding tert-OH is 1. The average Bonchev–Trinajstić information content (AvgIpc) is 3.15. The van der Waals surface area contributed by atoms with Crippen LogP contribution in [0.25, 0.3) is 0 Å². The first kappa shape index (κ1) is 28.3. The van der Waals surface area contributed by atoms with Crippen molar-refractivity contribution in [3.63, 3.8) is 0 Å². The molecule has 4 rings (SSSR count). The molecule has 4 aliphatic rings. The molecular weight excluding hydrogens is 412 g/mol. The molecule has 1 heteroatoms. The predicted molar refractivity (Wildman–Crippen MR) is 149 cm³/mol. The molecule has 0 aromatic rings. The average molecular weight is 473 g/mol. The van der Waals surface area contributed by atoms with Crippen LogP contribution in [0.2, 0.25) is 0 Å². The third-order valence-corrected chi connectivity index (χ3v) is 11.2. The lowest BCUT2D eigenvalue weighted by molar-refractivity contribution is -0.0573. The smallest absolute Gasteiger partial charge is 0.0577 e. The minimum atomic E-state index is -0.0766. The third-order valence-electron chi connectivity index (χ3n) is 11.2. The molecule has 0 radical (unpaired) electrons. The van der Waals surface area contributed by atoms with Crippen LogP contribution in [0.15, 0.2) is 11.6 Å². The van der Waals surface area contributed by atoms with Gasteiger partial charge in [-0.15, -0.1) is 0 Å². The van der Waals surface area contributed by atoms with E-state index in [2.05, 4.69) is 54.5 Å². The summed E-state index contributed by atoms with van der Waals surface area (Å²) in [7, 11) is 0. The van der Waals surface area contributed by atoms with Gasteiger partial charge in [-0.1, -0.05) is 105 Å². The van der Waals surface area contributed by atoms with E-state index in [4.69, 9.17) is 0 Å². The van der Waals surface area contributed by atoms with Crippen LogP contribution in [0, 0.1) is 46.3 Å². The highest BCUT2D eigenvalue weighted by Crippen LogP contribution is 2.67. The van der Waals surface area contributed by atoms with Crippen LogP contribution in [0.5, 0.6) is 0 Å². The van der Waals surface area contributed by atoms with Crippen LogP contribution in [0.3, 0.4) is 0 Å². The Morgan fingerprint density at radius 2 is 1.59 bits per heavy atom. The number of unbranched alkanes of at least 4 members (excludes halogenated alkanes) is 3. The maximum Gasteiger partial charge on any atom is 0.0577 e. The molecule has 3 saturated carbocycles. The molecule has 1 nitrogen and oxygen atoms in total. The predicted octanol–water partition coefficient (Wildman–Crippen LogP) is 9.98. The lowest BCUT2D eigenvalue weighted by Crippen LogP contribution is -2.50. The highest BCUT2D eigenvalue weighted by atomic mass is 16.3. The summed E-state index contributed by atoms with van der Waals surface area (Å²) in [5.74, 6) is 5.46. The molecule has 0 heterocycles. The second-order valence-corrected chi connectivity index (χ2v) is 13.9. The second kappa shape index (κ2) is 12.3. The van der Waals surface area contributed by atoms with Crippen LogP contribution in [-0.4, -0.2) is 11.2 Å². The molecule has 8 atom stereocenters. The van der Waals surface area contributed by atoms with Crippen LogP contribution in [0.4, 0.5) is 0 Å². The summed E-state index contributed by atoms with van der Waals surface area (Å²) in [6, 6.07) is 0. The van der Waals surface area contributed by atoms with E-state index < -0.39 is 0 Å². The van der Waals surface area contributed by atoms with Gasteiger partial charge in [-0.25, -0.2) is 0 Å². The van der Waals surface area contributed by atoms with E-state index in [-0.39, 0.29) is 6.10 Å². The van der Waals surface area contributed by atoms with Gasteiger partial charge in [0.2, 0.25) is 0 Å². The Hall–Kier alpha value is -0.300. The number of hydrogen-bond donors (Lipinski definition) is 1. The molecule has 0 amide bonds. The number of allylic oxidation sites excluding steroid dienone is 1. The zero-order valence-corrected chi connectivity index (χ0v) is 24.2. The molecule has 0 bridgehead atoms. The number of aliphatic hydroxyl groups is 1. The van der Waals surface area contributed by atoms with Crippen molar-refractivity contribution < 1.29 is 5.11 Å². The monoisotopic (exact) mass is 472 g/mol. The minimum absolute atomic E-state index is 0.0766. The first-order valence-corrected chi connectivity index (χ1v) is 15.5. The van der Waals surface area contributed by atoms with E-state index in [0.717, 1.165) is 48.3 Å². The number of hydrogen-bond acceptors (Lipinski definition) is 1. The Bertz CT molecular complexity index is 645. The van der Waals surface area contributed by atoms with Crippen molar-refractivity contribution in [2.45, 2.75) is 151 Å². The lowest BCUT2D eigenvalue weighted by Gasteiger charge is -2.58. The van der Waals surface area contributed by atoms with Crippen LogP contribution < -0.4 is 0 Å². The van der Waals surface area contributed by atoms with Gasteiger partial charge < -0.3 is 5.11 Å². The molecule has 0 aromatic heterocycles. The van der Waals surface area contributed by atoms with Crippen LogP contribution >= 0.6 is 0 Å². The van der Waals surface area contributed by atoms with E-state index in [0.29, 0.717) is 10.8 Å². The zero-order chi connectivity index (χ0) is 24.9. The highest BCUT2D eigenvalue weighted by molar-refractivity contribution is 5.25. The summed E-state index contributed by atoms with van der Waals surface area (Å²) in [5, 5.41) is 10.2. The number of rotatable bonds is 8. The first-order chi connectivity index (χ1) is 16.2. The maximum absolute atomic E-state index is 10.2. The molecular formula is C33H60O. The molecule has 1 unspecified atom stereocenters. The van der Waals surface area contributed by atoms with Crippen LogP contribution in [-0.2, 0) is 0 Å². The zero-order valence-electron chi connectivity index (χ0n) is 24.2. The van der Waals surface area contributed by atoms with Crippen molar-refractivity contribution in [3.05, 3.63) is 11.6 Å². The standard InChI is InChI=1S/C27H46O.C6H14/c1-18(2)7-6-8-19(3)23-11-12-24-22-10-9-20-17-21(28)13-15-26(20,4)25(22)14-16-27(23,24)5;1-3-5-6-4-2/h9,18-19,21-25,28H,6-8,10-17H2,1-5H3;3-6H2,1-2H3/t19?,21-,22-,23+,24-,25-,26-,27+;/m0./s1. The maximum atomic E-state index is 10.2. The Kier molecular flexibility index (Phi) is 10.2. The van der Waals surface area contributed by atoms with Gasteiger partial charge in [0.15, 0.2) is 0 Å². The van der Waals surface area contributed by atoms with Crippen molar-refractivity contribution in [1.29, 1.82) is 0 Å². The second-order valence-electron chi connectivity index (χ2n) is 13.9. The van der Waals surface area contributed by atoms with Gasteiger partial charge >= 0.3 is 0 Å². The van der Waals surface area contributed by atoms with E-state index in [1.165, 1.54) is 83.5 Å². The van der Waals surface area contributed by atoms with Crippen molar-refractivity contribution in [3.8, 4) is 0 Å². The van der Waals surface area contributed by atoms with Gasteiger partial charge in [0, 0.05) is 0 Å². The molecule has 198 valence electrons. The molecule has 3 fully saturated rings. The summed E-state index contributed by atoms with van der Waals surface area (Å²) in [5.41, 5.74) is 2.60. The summed E-state index contributed by atoms with van der Waals surface area (Å²) >= 11 is 0. The fraction of sp³-hybridized carbons (Fsp3) is 0.939. The minimum Gasteiger partial charge on any atom is -0.393 e. The molecule has 34 heavy (non-hydrogen) atoms. The summed E-state index contributed by atoms with van der Waals surface area (Å²) in [6.07, 6.45) is 22.7. The normalized spacial score (nSPS) is 39.9. The van der Waals surface area contributed by atoms with E-state index in [9.17, 15) is 5.11 Å². The van der Waals surface area contributed by atoms with Gasteiger partial charge in [0.05, 0.1) is 6.10 Å².